The molecular formula is C13H28N2O. The van der Waals surface area contributed by atoms with Gasteiger partial charge in [0, 0.05) is 6.04 Å². The van der Waals surface area contributed by atoms with Crippen LogP contribution in [-0.4, -0.2) is 48.3 Å². The van der Waals surface area contributed by atoms with Crippen LogP contribution in [0.25, 0.3) is 0 Å². The van der Waals surface area contributed by atoms with Crippen LogP contribution in [0.3, 0.4) is 0 Å². The molecule has 3 heteroatoms. The topological polar surface area (TPSA) is 35.5 Å². The van der Waals surface area contributed by atoms with E-state index in [0.29, 0.717) is 6.04 Å². The second-order valence-electron chi connectivity index (χ2n) is 4.79. The summed E-state index contributed by atoms with van der Waals surface area (Å²) in [6, 6.07) is 0.352. The lowest BCUT2D eigenvalue weighted by atomic mass is 9.92. The van der Waals surface area contributed by atoms with Gasteiger partial charge < -0.3 is 15.3 Å². The maximum atomic E-state index is 9.80. The summed E-state index contributed by atoms with van der Waals surface area (Å²) >= 11 is 0. The second kappa shape index (κ2) is 8.04. The van der Waals surface area contributed by atoms with Crippen molar-refractivity contribution in [2.24, 2.45) is 0 Å². The molecule has 1 saturated carbocycles. The highest BCUT2D eigenvalue weighted by Crippen LogP contribution is 2.18. The van der Waals surface area contributed by atoms with Crippen LogP contribution in [0.4, 0.5) is 0 Å². The van der Waals surface area contributed by atoms with Crippen LogP contribution in [0.15, 0.2) is 0 Å². The molecule has 0 heterocycles. The maximum absolute atomic E-state index is 9.80. The van der Waals surface area contributed by atoms with E-state index in [4.69, 9.17) is 0 Å². The predicted molar refractivity (Wildman–Crippen MR) is 68.7 cm³/mol. The van der Waals surface area contributed by atoms with Crippen molar-refractivity contribution in [1.29, 1.82) is 0 Å². The molecule has 0 saturated heterocycles. The highest BCUT2D eigenvalue weighted by molar-refractivity contribution is 4.80. The van der Waals surface area contributed by atoms with E-state index in [1.165, 1.54) is 25.8 Å². The maximum Gasteiger partial charge on any atom is 0.0693 e. The van der Waals surface area contributed by atoms with E-state index in [0.717, 1.165) is 32.5 Å². The van der Waals surface area contributed by atoms with Gasteiger partial charge in [-0.3, -0.25) is 0 Å². The van der Waals surface area contributed by atoms with Crippen molar-refractivity contribution < 1.29 is 5.11 Å². The molecule has 0 aromatic carbocycles. The van der Waals surface area contributed by atoms with Gasteiger partial charge in [0.25, 0.3) is 0 Å². The monoisotopic (exact) mass is 228 g/mol. The summed E-state index contributed by atoms with van der Waals surface area (Å²) in [7, 11) is 0. The lowest BCUT2D eigenvalue weighted by Crippen LogP contribution is -2.43. The van der Waals surface area contributed by atoms with Gasteiger partial charge in [-0.2, -0.15) is 0 Å². The van der Waals surface area contributed by atoms with Crippen molar-refractivity contribution in [3.8, 4) is 0 Å². The van der Waals surface area contributed by atoms with Crippen LogP contribution in [0.2, 0.25) is 0 Å². The van der Waals surface area contributed by atoms with Crippen molar-refractivity contribution in [2.45, 2.75) is 58.1 Å². The van der Waals surface area contributed by atoms with Crippen LogP contribution in [-0.2, 0) is 0 Å². The highest BCUT2D eigenvalue weighted by atomic mass is 16.3. The lowest BCUT2D eigenvalue weighted by molar-refractivity contribution is 0.0905. The molecule has 2 N–H and O–H groups in total. The standard InChI is InChI=1S/C13H28N2O/c1-3-15(4-2)11-7-10-14-12-8-5-6-9-13(12)16/h12-14,16H,3-11H2,1-2H3/t12-,13-/m1/s1. The minimum atomic E-state index is -0.109. The Morgan fingerprint density at radius 1 is 1.19 bits per heavy atom. The van der Waals surface area contributed by atoms with Crippen molar-refractivity contribution in [2.75, 3.05) is 26.2 Å². The first-order valence-corrected chi connectivity index (χ1v) is 6.91. The van der Waals surface area contributed by atoms with E-state index in [2.05, 4.69) is 24.1 Å². The number of nitrogens with zero attached hydrogens (tertiary/aromatic N) is 1. The molecule has 2 atom stereocenters. The fourth-order valence-electron chi connectivity index (χ4n) is 2.48. The third kappa shape index (κ3) is 4.81. The van der Waals surface area contributed by atoms with Gasteiger partial charge in [0.05, 0.1) is 6.10 Å². The molecule has 1 aliphatic carbocycles. The molecule has 96 valence electrons. The summed E-state index contributed by atoms with van der Waals surface area (Å²) in [5.74, 6) is 0. The van der Waals surface area contributed by atoms with Gasteiger partial charge in [-0.1, -0.05) is 26.7 Å². The molecule has 0 aromatic rings. The molecule has 0 aliphatic heterocycles. The molecule has 1 rings (SSSR count). The van der Waals surface area contributed by atoms with Gasteiger partial charge in [-0.05, 0) is 45.4 Å². The van der Waals surface area contributed by atoms with Crippen molar-refractivity contribution in [1.82, 2.24) is 10.2 Å². The van der Waals surface area contributed by atoms with E-state index < -0.39 is 0 Å². The van der Waals surface area contributed by atoms with E-state index >= 15 is 0 Å². The highest BCUT2D eigenvalue weighted by Gasteiger charge is 2.21. The molecule has 0 amide bonds. The summed E-state index contributed by atoms with van der Waals surface area (Å²) in [5.41, 5.74) is 0. The SMILES string of the molecule is CCN(CC)CCCN[C@@H]1CCCC[C@H]1O. The van der Waals surface area contributed by atoms with Crippen molar-refractivity contribution in [3.05, 3.63) is 0 Å². The van der Waals surface area contributed by atoms with Gasteiger partial charge in [-0.25, -0.2) is 0 Å². The normalized spacial score (nSPS) is 26.2. The first-order valence-electron chi connectivity index (χ1n) is 6.91. The number of hydrogen-bond donors (Lipinski definition) is 2. The number of nitrogens with one attached hydrogen (secondary N) is 1. The quantitative estimate of drug-likeness (QED) is 0.650. The Labute approximate surface area is 100 Å². The van der Waals surface area contributed by atoms with Crippen LogP contribution in [0.5, 0.6) is 0 Å². The summed E-state index contributed by atoms with van der Waals surface area (Å²) < 4.78 is 0. The van der Waals surface area contributed by atoms with Crippen LogP contribution < -0.4 is 5.32 Å². The largest absolute Gasteiger partial charge is 0.392 e. The average Bonchev–Trinajstić information content (AvgIpc) is 2.31. The summed E-state index contributed by atoms with van der Waals surface area (Å²) in [4.78, 5) is 2.44. The van der Waals surface area contributed by atoms with Crippen molar-refractivity contribution in [3.63, 3.8) is 0 Å². The zero-order valence-electron chi connectivity index (χ0n) is 10.9. The Kier molecular flexibility index (Phi) is 7.01. The zero-order chi connectivity index (χ0) is 11.8. The molecule has 0 radical (unpaired) electrons. The molecule has 0 bridgehead atoms. The molecule has 3 nitrogen and oxygen atoms in total. The Morgan fingerprint density at radius 2 is 1.88 bits per heavy atom. The Balaban J connectivity index is 2.05. The lowest BCUT2D eigenvalue weighted by Gasteiger charge is -2.28. The van der Waals surface area contributed by atoms with Crippen LogP contribution in [0, 0.1) is 0 Å². The van der Waals surface area contributed by atoms with Gasteiger partial charge >= 0.3 is 0 Å². The molecule has 1 aliphatic rings. The van der Waals surface area contributed by atoms with E-state index in [-0.39, 0.29) is 6.10 Å². The van der Waals surface area contributed by atoms with E-state index in [1.807, 2.05) is 0 Å². The van der Waals surface area contributed by atoms with Crippen LogP contribution in [0.1, 0.15) is 46.0 Å². The Hall–Kier alpha value is -0.120. The Bertz CT molecular complexity index is 171. The number of hydrogen-bond acceptors (Lipinski definition) is 3. The number of aliphatic hydroxyl groups excluding tert-OH is 1. The first-order chi connectivity index (χ1) is 7.77. The molecule has 0 aromatic heterocycles. The molecule has 0 unspecified atom stereocenters. The first kappa shape index (κ1) is 13.9. The number of aliphatic hydroxyl groups is 1. The Morgan fingerprint density at radius 3 is 2.50 bits per heavy atom. The average molecular weight is 228 g/mol. The van der Waals surface area contributed by atoms with E-state index in [1.54, 1.807) is 0 Å². The minimum Gasteiger partial charge on any atom is -0.392 e. The minimum absolute atomic E-state index is 0.109. The third-order valence-electron chi connectivity index (χ3n) is 3.68. The van der Waals surface area contributed by atoms with Gasteiger partial charge in [0.1, 0.15) is 0 Å². The summed E-state index contributed by atoms with van der Waals surface area (Å²) in [5, 5.41) is 13.3. The molecular weight excluding hydrogens is 200 g/mol. The fraction of sp³-hybridized carbons (Fsp3) is 1.00. The summed E-state index contributed by atoms with van der Waals surface area (Å²) in [6.45, 7) is 8.91. The predicted octanol–water partition coefficient (Wildman–Crippen LogP) is 1.61. The van der Waals surface area contributed by atoms with E-state index in [9.17, 15) is 5.11 Å². The molecule has 16 heavy (non-hydrogen) atoms. The number of rotatable bonds is 7. The third-order valence-corrected chi connectivity index (χ3v) is 3.68. The molecule has 1 fully saturated rings. The van der Waals surface area contributed by atoms with Crippen LogP contribution >= 0.6 is 0 Å². The van der Waals surface area contributed by atoms with Gasteiger partial charge in [0.15, 0.2) is 0 Å². The summed E-state index contributed by atoms with van der Waals surface area (Å²) in [6.07, 6.45) is 5.66. The smallest absolute Gasteiger partial charge is 0.0693 e. The van der Waals surface area contributed by atoms with Crippen molar-refractivity contribution >= 4 is 0 Å². The fourth-order valence-corrected chi connectivity index (χ4v) is 2.48. The van der Waals surface area contributed by atoms with Gasteiger partial charge in [-0.15, -0.1) is 0 Å². The zero-order valence-corrected chi connectivity index (χ0v) is 10.9. The molecule has 0 spiro atoms. The van der Waals surface area contributed by atoms with Gasteiger partial charge in [0.2, 0.25) is 0 Å². The second-order valence-corrected chi connectivity index (χ2v) is 4.79.